The lowest BCUT2D eigenvalue weighted by Gasteiger charge is -2.25. The molecule has 0 aliphatic carbocycles. The molecule has 1 aliphatic heterocycles. The molecular weight excluding hydrogens is 580 g/mol. The Balaban J connectivity index is 0.000000312. The number of nitrogens with zero attached hydrogens (tertiary/aromatic N) is 6. The number of rotatable bonds is 6. The highest BCUT2D eigenvalue weighted by molar-refractivity contribution is 7.92. The second kappa shape index (κ2) is 11.4. The summed E-state index contributed by atoms with van der Waals surface area (Å²) in [5, 5.41) is 7.78. The number of aryl methyl sites for hydroxylation is 2. The Morgan fingerprint density at radius 1 is 0.950 bits per heavy atom. The topological polar surface area (TPSA) is 148 Å². The van der Waals surface area contributed by atoms with Crippen molar-refractivity contribution in [2.24, 2.45) is 14.1 Å². The molecule has 12 nitrogen and oxygen atoms in total. The number of hydrogen-bond acceptors (Lipinski definition) is 7. The molecule has 5 rings (SSSR count). The van der Waals surface area contributed by atoms with Crippen LogP contribution in [0.3, 0.4) is 0 Å². The predicted octanol–water partition coefficient (Wildman–Crippen LogP) is 3.04. The highest BCUT2D eigenvalue weighted by atomic mass is 35.5. The number of benzene rings is 2. The van der Waals surface area contributed by atoms with Crippen molar-refractivity contribution >= 4 is 49.0 Å². The molecule has 1 aliphatic rings. The van der Waals surface area contributed by atoms with E-state index in [-0.39, 0.29) is 22.5 Å². The van der Waals surface area contributed by atoms with Crippen LogP contribution < -0.4 is 9.21 Å². The van der Waals surface area contributed by atoms with Gasteiger partial charge < -0.3 is 4.90 Å². The van der Waals surface area contributed by atoms with Crippen LogP contribution in [0.4, 0.5) is 11.4 Å². The molecule has 212 valence electrons. The van der Waals surface area contributed by atoms with E-state index in [9.17, 15) is 21.6 Å². The minimum atomic E-state index is -4.11. The zero-order valence-corrected chi connectivity index (χ0v) is 24.2. The summed E-state index contributed by atoms with van der Waals surface area (Å²) in [5.41, 5.74) is 3.03. The zero-order valence-electron chi connectivity index (χ0n) is 21.8. The van der Waals surface area contributed by atoms with Gasteiger partial charge in [-0.2, -0.15) is 27.0 Å². The Morgan fingerprint density at radius 3 is 2.05 bits per heavy atom. The summed E-state index contributed by atoms with van der Waals surface area (Å²) >= 11 is 5.98. The van der Waals surface area contributed by atoms with Gasteiger partial charge in [0.15, 0.2) is 5.03 Å². The van der Waals surface area contributed by atoms with Crippen molar-refractivity contribution in [3.05, 3.63) is 83.1 Å². The number of aromatic nitrogens is 4. The molecule has 2 aromatic heterocycles. The van der Waals surface area contributed by atoms with Crippen molar-refractivity contribution in [2.45, 2.75) is 29.9 Å². The van der Waals surface area contributed by atoms with Crippen molar-refractivity contribution in [2.75, 3.05) is 15.7 Å². The van der Waals surface area contributed by atoms with Gasteiger partial charge in [-0.15, -0.1) is 0 Å². The van der Waals surface area contributed by atoms with Gasteiger partial charge in [0, 0.05) is 50.7 Å². The second-order valence-electron chi connectivity index (χ2n) is 9.00. The first-order valence-electron chi connectivity index (χ1n) is 11.9. The van der Waals surface area contributed by atoms with Gasteiger partial charge in [-0.1, -0.05) is 29.8 Å². The van der Waals surface area contributed by atoms with Gasteiger partial charge in [0.25, 0.3) is 10.0 Å². The van der Waals surface area contributed by atoms with Crippen molar-refractivity contribution in [1.82, 2.24) is 19.6 Å². The van der Waals surface area contributed by atoms with Crippen LogP contribution in [0.1, 0.15) is 18.1 Å². The maximum atomic E-state index is 13.5. The molecule has 0 saturated carbocycles. The minimum Gasteiger partial charge on any atom is -0.312 e. The third kappa shape index (κ3) is 6.53. The van der Waals surface area contributed by atoms with Crippen LogP contribution in [0.15, 0.2) is 77.0 Å². The Hall–Kier alpha value is -3.72. The van der Waals surface area contributed by atoms with Crippen LogP contribution in [-0.2, 0) is 52.0 Å². The van der Waals surface area contributed by atoms with Crippen molar-refractivity contribution < 1.29 is 26.2 Å². The molecule has 0 fully saturated rings. The molecule has 15 heteroatoms. The Morgan fingerprint density at radius 2 is 1.55 bits per heavy atom. The summed E-state index contributed by atoms with van der Waals surface area (Å²) in [6, 6.07) is 15.1. The third-order valence-electron chi connectivity index (χ3n) is 6.07. The van der Waals surface area contributed by atoms with E-state index >= 15 is 0 Å². The van der Waals surface area contributed by atoms with Gasteiger partial charge >= 0.3 is 10.1 Å². The average molecular weight is 607 g/mol. The van der Waals surface area contributed by atoms with Gasteiger partial charge in [-0.05, 0) is 53.9 Å². The van der Waals surface area contributed by atoms with Crippen LogP contribution in [0.2, 0.25) is 5.02 Å². The van der Waals surface area contributed by atoms with Gasteiger partial charge in [-0.25, -0.2) is 0 Å². The van der Waals surface area contributed by atoms with Crippen molar-refractivity contribution in [3.63, 3.8) is 0 Å². The number of fused-ring (bicyclic) bond motifs is 1. The van der Waals surface area contributed by atoms with Gasteiger partial charge in [-0.3, -0.25) is 23.0 Å². The van der Waals surface area contributed by atoms with E-state index in [1.165, 1.54) is 38.9 Å². The smallest absolute Gasteiger partial charge is 0.312 e. The molecule has 40 heavy (non-hydrogen) atoms. The SMILES string of the molecule is CC(=O)N1CCc2ccc(N(Cc3ccc(Cl)cc3)S(=O)(=O)c3ccn(C)n3)cc21.Cn1ccc(S(=O)(=O)O)n1. The normalized spacial score (nSPS) is 13.0. The predicted molar refractivity (Wildman–Crippen MR) is 149 cm³/mol. The van der Waals surface area contributed by atoms with Crippen LogP contribution in [0.25, 0.3) is 0 Å². The first-order valence-corrected chi connectivity index (χ1v) is 15.2. The molecule has 1 amide bonds. The molecule has 0 spiro atoms. The maximum absolute atomic E-state index is 13.5. The standard InChI is InChI=1S/C21H21ClN4O3S.C4H6N2O3S/c1-15(27)25-12-9-17-5-8-19(13-20(17)25)26(14-16-3-6-18(22)7-4-16)30(28,29)21-10-11-24(2)23-21;1-6-3-2-4(5-6)10(7,8)9/h3-8,10-11,13H,9,12,14H2,1-2H3;2-3H,1H3,(H,7,8,9). The van der Waals surface area contributed by atoms with E-state index in [2.05, 4.69) is 10.2 Å². The van der Waals surface area contributed by atoms with Crippen LogP contribution >= 0.6 is 11.6 Å². The molecule has 4 aromatic rings. The van der Waals surface area contributed by atoms with E-state index < -0.39 is 20.1 Å². The summed E-state index contributed by atoms with van der Waals surface area (Å²) in [6.07, 6.45) is 3.77. The van der Waals surface area contributed by atoms with Crippen LogP contribution in [-0.4, -0.2) is 53.4 Å². The lowest BCUT2D eigenvalue weighted by Crippen LogP contribution is -2.31. The molecule has 2 aromatic carbocycles. The molecule has 0 atom stereocenters. The van der Waals surface area contributed by atoms with E-state index in [0.29, 0.717) is 17.3 Å². The van der Waals surface area contributed by atoms with E-state index in [1.807, 2.05) is 6.07 Å². The molecule has 0 radical (unpaired) electrons. The summed E-state index contributed by atoms with van der Waals surface area (Å²) in [7, 11) is -4.81. The quantitative estimate of drug-likeness (QED) is 0.329. The van der Waals surface area contributed by atoms with E-state index in [1.54, 1.807) is 61.6 Å². The highest BCUT2D eigenvalue weighted by Crippen LogP contribution is 2.35. The first kappa shape index (κ1) is 29.3. The first-order chi connectivity index (χ1) is 18.8. The Kier molecular flexibility index (Phi) is 8.35. The molecule has 1 N–H and O–H groups in total. The van der Waals surface area contributed by atoms with Gasteiger partial charge in [0.2, 0.25) is 10.9 Å². The average Bonchev–Trinajstić information content (AvgIpc) is 3.63. The number of amides is 1. The van der Waals surface area contributed by atoms with E-state index in [4.69, 9.17) is 16.2 Å². The molecular formula is C25H27ClN6O6S2. The fraction of sp³-hybridized carbons (Fsp3) is 0.240. The van der Waals surface area contributed by atoms with Gasteiger partial charge in [0.1, 0.15) is 0 Å². The molecule has 3 heterocycles. The third-order valence-corrected chi connectivity index (χ3v) is 8.73. The second-order valence-corrected chi connectivity index (χ2v) is 12.6. The summed E-state index contributed by atoms with van der Waals surface area (Å²) in [5.74, 6) is -0.0669. The van der Waals surface area contributed by atoms with Gasteiger partial charge in [0.05, 0.1) is 12.2 Å². The maximum Gasteiger partial charge on any atom is 0.313 e. The number of sulfonamides is 1. The monoisotopic (exact) mass is 606 g/mol. The van der Waals surface area contributed by atoms with Crippen LogP contribution in [0.5, 0.6) is 0 Å². The van der Waals surface area contributed by atoms with Crippen molar-refractivity contribution in [1.29, 1.82) is 0 Å². The van der Waals surface area contributed by atoms with Crippen LogP contribution in [0, 0.1) is 0 Å². The Bertz CT molecular complexity index is 1750. The minimum absolute atomic E-state index is 0.0390. The lowest BCUT2D eigenvalue weighted by molar-refractivity contribution is -0.116. The number of carbonyl (C=O) groups excluding carboxylic acids is 1. The summed E-state index contributed by atoms with van der Waals surface area (Å²) in [6.45, 7) is 2.21. The fourth-order valence-electron chi connectivity index (χ4n) is 4.10. The molecule has 0 saturated heterocycles. The zero-order chi connectivity index (χ0) is 29.2. The number of carbonyl (C=O) groups is 1. The largest absolute Gasteiger partial charge is 0.313 e. The summed E-state index contributed by atoms with van der Waals surface area (Å²) in [4.78, 5) is 13.7. The Labute approximate surface area is 237 Å². The molecule has 0 bridgehead atoms. The summed E-state index contributed by atoms with van der Waals surface area (Å²) < 4.78 is 60.1. The number of halogens is 1. The fourth-order valence-corrected chi connectivity index (χ4v) is 6.09. The van der Waals surface area contributed by atoms with Crippen molar-refractivity contribution in [3.8, 4) is 0 Å². The molecule has 0 unspecified atom stereocenters. The number of hydrogen-bond donors (Lipinski definition) is 1. The number of anilines is 2. The lowest BCUT2D eigenvalue weighted by atomic mass is 10.1. The highest BCUT2D eigenvalue weighted by Gasteiger charge is 2.30. The van der Waals surface area contributed by atoms with E-state index in [0.717, 1.165) is 23.2 Å².